The summed E-state index contributed by atoms with van der Waals surface area (Å²) in [4.78, 5) is 44.4. The SMILES string of the molecule is [2H]C([2H])(c1ccc(O)c(O)c1)[C@]([2H])(N)C(C)=O.[2H][C@@](N)(C(C)=O)[C@]([2H])(C)c1ccc(O)c(O)c1.[2H][C@H](c1ccc(O)c(O)c1)[C@]([2H])(N)C(C)=O.[2H][C@](C)(c1ccc(O)c(O)c1)[C@]([2H])(N)C(=O)O. The predicted octanol–water partition coefficient (Wildman–Crippen LogP) is 2.84. The van der Waals surface area contributed by atoms with Crippen LogP contribution in [0.5, 0.6) is 46.0 Å². The topological polar surface area (TPSA) is 354 Å². The second kappa shape index (κ2) is 23.0. The molecule has 0 heterocycles. The third kappa shape index (κ3) is 16.0. The van der Waals surface area contributed by atoms with Crippen LogP contribution in [0.1, 0.15) is 81.0 Å². The molecule has 0 saturated heterocycles. The highest BCUT2D eigenvalue weighted by Gasteiger charge is 2.22. The van der Waals surface area contributed by atoms with Gasteiger partial charge in [0.2, 0.25) is 0 Å². The Morgan fingerprint density at radius 2 is 0.862 bits per heavy atom. The van der Waals surface area contributed by atoms with E-state index >= 15 is 0 Å². The van der Waals surface area contributed by atoms with Gasteiger partial charge in [-0.3, -0.25) is 19.2 Å². The van der Waals surface area contributed by atoms with Crippen LogP contribution in [-0.4, -0.2) is 93.3 Å². The second-order valence-electron chi connectivity index (χ2n) is 12.0. The summed E-state index contributed by atoms with van der Waals surface area (Å²) in [6.45, 7) is 5.76. The molecule has 4 rings (SSSR count). The fraction of sp³-hybridized carbons (Fsp3) is 0.317. The minimum absolute atomic E-state index is 0.0210. The first-order valence-electron chi connectivity index (χ1n) is 21.1. The lowest BCUT2D eigenvalue weighted by molar-refractivity contribution is -0.139. The standard InChI is InChI=1S/C11H15NO3.C10H13NO4.2C10H13NO3/c1-6(11(12)7(2)13)8-3-4-9(14)10(15)5-8;1-5(9(11)10(14)15)6-2-3-7(12)8(13)4-6;2*1-6(12)8(11)4-7-2-3-9(13)10(14)5-7/h3-6,11,14-15H,12H2,1-2H3;2-5,9,12-13H,11H2,1H3,(H,14,15);2*2-3,5,8,13-14H,4,11H2,1H3/t6-,11+;5-,9-;2*8-/m1000/s1/i6D,11D;5D,9D;4D2,8D;4D,8D/t3m;4-,8+/m1001. The average molecular weight is 820 g/mol. The molecule has 0 aliphatic carbocycles. The normalized spacial score (nSPS) is 19.8. The number of benzene rings is 4. The lowest BCUT2D eigenvalue weighted by Gasteiger charge is -2.17. The van der Waals surface area contributed by atoms with Gasteiger partial charge in [-0.25, -0.2) is 0 Å². The molecule has 17 N–H and O–H groups in total. The number of carboxylic acid groups (broad SMARTS) is 1. The smallest absolute Gasteiger partial charge is 0.321 e. The van der Waals surface area contributed by atoms with Crippen LogP contribution >= 0.6 is 0 Å². The summed E-state index contributed by atoms with van der Waals surface area (Å²) < 4.78 is 69.4. The zero-order valence-corrected chi connectivity index (χ0v) is 32.0. The first-order valence-corrected chi connectivity index (χ1v) is 16.5. The van der Waals surface area contributed by atoms with E-state index in [4.69, 9.17) is 60.8 Å². The van der Waals surface area contributed by atoms with Gasteiger partial charge in [0.05, 0.1) is 23.5 Å². The van der Waals surface area contributed by atoms with Gasteiger partial charge in [-0.05, 0) is 104 Å². The van der Waals surface area contributed by atoms with Crippen LogP contribution in [0.25, 0.3) is 0 Å². The molecule has 0 fully saturated rings. The number of phenols is 8. The molecular formula is C41H54N4O13. The maximum absolute atomic E-state index is 11.3. The van der Waals surface area contributed by atoms with Crippen molar-refractivity contribution in [2.24, 2.45) is 22.9 Å². The van der Waals surface area contributed by atoms with Gasteiger partial charge in [0.15, 0.2) is 46.0 Å². The van der Waals surface area contributed by atoms with Crippen molar-refractivity contribution in [2.45, 2.75) is 83.2 Å². The van der Waals surface area contributed by atoms with Crippen molar-refractivity contribution in [3.05, 3.63) is 95.1 Å². The Balaban J connectivity index is 0.000000447. The molecule has 0 amide bonds. The summed E-state index contributed by atoms with van der Waals surface area (Å²) in [6.07, 6.45) is -3.80. The number of aromatic hydroxyl groups is 8. The number of hydrogen-bond acceptors (Lipinski definition) is 16. The van der Waals surface area contributed by atoms with Gasteiger partial charge in [0.25, 0.3) is 0 Å². The van der Waals surface area contributed by atoms with Gasteiger partial charge in [-0.1, -0.05) is 38.1 Å². The van der Waals surface area contributed by atoms with Gasteiger partial charge in [0.1, 0.15) is 23.4 Å². The number of hydrogen-bond donors (Lipinski definition) is 13. The molecule has 4 aromatic carbocycles. The Bertz CT molecular complexity index is 2270. The molecule has 17 heteroatoms. The highest BCUT2D eigenvalue weighted by atomic mass is 16.4. The molecule has 4 aromatic rings. The maximum Gasteiger partial charge on any atom is 0.321 e. The molecule has 58 heavy (non-hydrogen) atoms. The van der Waals surface area contributed by atoms with Crippen molar-refractivity contribution >= 4 is 23.3 Å². The quantitative estimate of drug-likeness (QED) is 0.0914. The Hall–Kier alpha value is -6.40. The van der Waals surface area contributed by atoms with Gasteiger partial charge in [0, 0.05) is 18.6 Å². The molecule has 7 atom stereocenters. The van der Waals surface area contributed by atoms with Crippen LogP contribution in [-0.2, 0) is 31.9 Å². The van der Waals surface area contributed by atoms with E-state index in [1.807, 2.05) is 0 Å². The number of ketones is 3. The third-order valence-electron chi connectivity index (χ3n) is 7.60. The lowest BCUT2D eigenvalue weighted by Crippen LogP contribution is -2.35. The fourth-order valence-electron chi connectivity index (χ4n) is 4.00. The van der Waals surface area contributed by atoms with Crippen molar-refractivity contribution in [3.63, 3.8) is 0 Å². The van der Waals surface area contributed by atoms with Crippen molar-refractivity contribution in [3.8, 4) is 46.0 Å². The summed E-state index contributed by atoms with van der Waals surface area (Å²) >= 11 is 0. The Morgan fingerprint density at radius 3 is 1.21 bits per heavy atom. The van der Waals surface area contributed by atoms with Gasteiger partial charge >= 0.3 is 5.97 Å². The first kappa shape index (κ1) is 36.0. The van der Waals surface area contributed by atoms with E-state index < -0.39 is 106 Å². The number of carboxylic acids is 1. The molecule has 0 saturated carbocycles. The Labute approximate surface area is 348 Å². The predicted molar refractivity (Wildman–Crippen MR) is 215 cm³/mol. The average Bonchev–Trinajstić information content (AvgIpc) is 3.21. The van der Waals surface area contributed by atoms with Crippen molar-refractivity contribution in [1.82, 2.24) is 0 Å². The van der Waals surface area contributed by atoms with Crippen LogP contribution in [0.4, 0.5) is 0 Å². The maximum atomic E-state index is 11.3. The van der Waals surface area contributed by atoms with E-state index in [0.29, 0.717) is 0 Å². The van der Waals surface area contributed by atoms with E-state index in [2.05, 4.69) is 0 Å². The Kier molecular flexibility index (Phi) is 14.3. The molecular weight excluding hydrogens is 756 g/mol. The number of carbonyl (C=O) groups excluding carboxylic acids is 3. The van der Waals surface area contributed by atoms with Crippen molar-refractivity contribution < 1.29 is 77.5 Å². The molecule has 0 radical (unpaired) electrons. The highest BCUT2D eigenvalue weighted by Crippen LogP contribution is 2.31. The summed E-state index contributed by atoms with van der Waals surface area (Å²) in [5.41, 5.74) is 21.8. The van der Waals surface area contributed by atoms with Crippen molar-refractivity contribution in [2.75, 3.05) is 0 Å². The molecule has 17 nitrogen and oxygen atoms in total. The van der Waals surface area contributed by atoms with Crippen LogP contribution in [0.2, 0.25) is 0 Å². The number of nitrogens with two attached hydrogens (primary N) is 4. The molecule has 316 valence electrons. The highest BCUT2D eigenvalue weighted by molar-refractivity contribution is 5.82. The van der Waals surface area contributed by atoms with Gasteiger partial charge in [-0.2, -0.15) is 0 Å². The minimum Gasteiger partial charge on any atom is -0.504 e. The lowest BCUT2D eigenvalue weighted by atomic mass is 9.91. The number of aliphatic carboxylic acids is 1. The summed E-state index contributed by atoms with van der Waals surface area (Å²) in [6, 6.07) is 4.60. The van der Waals surface area contributed by atoms with E-state index in [9.17, 15) is 39.6 Å². The molecule has 0 aliphatic rings. The number of rotatable bonds is 12. The molecule has 0 unspecified atom stereocenters. The van der Waals surface area contributed by atoms with Gasteiger partial charge < -0.3 is 68.9 Å². The summed E-state index contributed by atoms with van der Waals surface area (Å²) in [5, 5.41) is 82.4. The van der Waals surface area contributed by atoms with Crippen molar-refractivity contribution in [1.29, 1.82) is 0 Å². The molecule has 0 aliphatic heterocycles. The second-order valence-corrected chi connectivity index (χ2v) is 12.0. The van der Waals surface area contributed by atoms with E-state index in [1.165, 1.54) is 37.3 Å². The van der Waals surface area contributed by atoms with Crippen LogP contribution in [0.3, 0.4) is 0 Å². The molecule has 0 spiro atoms. The number of carbonyl (C=O) groups is 4. The number of phenolic OH excluding ortho intramolecular Hbond substituents is 8. The monoisotopic (exact) mass is 819 g/mol. The Morgan fingerprint density at radius 1 is 0.517 bits per heavy atom. The molecule has 0 aromatic heterocycles. The summed E-state index contributed by atoms with van der Waals surface area (Å²) in [5.74, 6) is -10.8. The molecule has 0 bridgehead atoms. The third-order valence-corrected chi connectivity index (χ3v) is 7.60. The van der Waals surface area contributed by atoms with E-state index in [1.54, 1.807) is 0 Å². The van der Waals surface area contributed by atoms with Crippen LogP contribution < -0.4 is 22.9 Å². The minimum atomic E-state index is -2.57. The largest absolute Gasteiger partial charge is 0.504 e. The van der Waals surface area contributed by atoms with Gasteiger partial charge in [-0.15, -0.1) is 0 Å². The zero-order valence-electron chi connectivity index (χ0n) is 41.0. The first-order chi connectivity index (χ1) is 30.1. The van der Waals surface area contributed by atoms with Crippen LogP contribution in [0.15, 0.2) is 72.8 Å². The zero-order chi connectivity index (χ0) is 52.8. The fourth-order valence-corrected chi connectivity index (χ4v) is 4.00. The summed E-state index contributed by atoms with van der Waals surface area (Å²) in [7, 11) is 0. The number of Topliss-reactive ketones (excluding diaryl/α,β-unsaturated/α-hetero) is 3. The van der Waals surface area contributed by atoms with Crippen LogP contribution in [0, 0.1) is 0 Å². The van der Waals surface area contributed by atoms with E-state index in [0.717, 1.165) is 70.2 Å². The van der Waals surface area contributed by atoms with E-state index in [-0.39, 0.29) is 33.8 Å².